The van der Waals surface area contributed by atoms with Gasteiger partial charge in [0.15, 0.2) is 0 Å². The minimum absolute atomic E-state index is 0. The summed E-state index contributed by atoms with van der Waals surface area (Å²) in [6.07, 6.45) is 0. The normalized spacial score (nSPS) is 23.5. The number of rotatable bonds is 2. The molecule has 2 aliphatic rings. The Kier molecular flexibility index (Phi) is 16.5. The van der Waals surface area contributed by atoms with E-state index in [4.69, 9.17) is 4.74 Å². The molecule has 1 nitrogen and oxygen atoms in total. The Bertz CT molecular complexity index is 223. The van der Waals surface area contributed by atoms with E-state index < -0.39 is 0 Å². The molecule has 2 fully saturated rings. The molecule has 0 bridgehead atoms. The second kappa shape index (κ2) is 14.5. The van der Waals surface area contributed by atoms with E-state index in [9.17, 15) is 0 Å². The van der Waals surface area contributed by atoms with E-state index >= 15 is 0 Å². The molecule has 0 amide bonds. The van der Waals surface area contributed by atoms with Crippen LogP contribution < -0.4 is 0 Å². The molecular weight excluding hydrogens is 477 g/mol. The first kappa shape index (κ1) is 29.7. The first-order chi connectivity index (χ1) is 11.5. The molecule has 2 saturated carbocycles. The average Bonchev–Trinajstić information content (AvgIpc) is 2.87. The third-order valence-corrected chi connectivity index (χ3v) is 6.03. The van der Waals surface area contributed by atoms with Gasteiger partial charge in [0.25, 0.3) is 0 Å². The molecule has 10 radical (unpaired) electrons. The van der Waals surface area contributed by atoms with Crippen molar-refractivity contribution in [3.63, 3.8) is 0 Å². The maximum Gasteiger partial charge on any atom is 0.0437 e. The molecule has 0 N–H and O–H groups in total. The summed E-state index contributed by atoms with van der Waals surface area (Å²) in [5, 5.41) is 0. The quantitative estimate of drug-likeness (QED) is 0.384. The summed E-state index contributed by atoms with van der Waals surface area (Å²) in [5.74, 6) is 14.7. The average molecular weight is 518 g/mol. The van der Waals surface area contributed by atoms with Gasteiger partial charge in [0, 0.05) is 60.1 Å². The fraction of sp³-hybridized carbons (Fsp3) is 0.583. The molecule has 0 saturated heterocycles. The van der Waals surface area contributed by atoms with Gasteiger partial charge in [-0.2, -0.15) is 0 Å². The molecule has 2 heteroatoms. The fourth-order valence-corrected chi connectivity index (χ4v) is 3.02. The molecule has 0 atom stereocenters. The second-order valence-corrected chi connectivity index (χ2v) is 7.03. The summed E-state index contributed by atoms with van der Waals surface area (Å²) in [6, 6.07) is 0. The van der Waals surface area contributed by atoms with Crippen molar-refractivity contribution in [3.8, 4) is 0 Å². The summed E-state index contributed by atoms with van der Waals surface area (Å²) in [7, 11) is 0. The van der Waals surface area contributed by atoms with Crippen LogP contribution in [0.3, 0.4) is 0 Å². The first-order valence-electron chi connectivity index (χ1n) is 9.49. The Labute approximate surface area is 205 Å². The van der Waals surface area contributed by atoms with Gasteiger partial charge in [-0.05, 0) is 73.0 Å². The van der Waals surface area contributed by atoms with Crippen molar-refractivity contribution in [2.45, 2.75) is 83.1 Å². The Balaban J connectivity index is 0. The molecule has 2 rings (SSSR count). The van der Waals surface area contributed by atoms with Crippen LogP contribution >= 0.6 is 0 Å². The maximum atomic E-state index is 4.83. The molecule has 0 aromatic carbocycles. The van der Waals surface area contributed by atoms with E-state index in [2.05, 4.69) is 69.2 Å². The number of ether oxygens (including phenoxy) is 1. The third-order valence-electron chi connectivity index (χ3n) is 6.03. The van der Waals surface area contributed by atoms with Gasteiger partial charge in [-0.25, -0.2) is 0 Å². The SMILES string of the molecule is CCOCC.C[C]1[C](C)[C](C)[C](C)[C]1C.C[C]1[C](C)[C](C)[C](C)[C]1C.[Yb]. The van der Waals surface area contributed by atoms with Crippen molar-refractivity contribution in [3.05, 3.63) is 59.2 Å². The van der Waals surface area contributed by atoms with Gasteiger partial charge in [-0.3, -0.25) is 0 Å². The Morgan fingerprint density at radius 1 is 0.385 bits per heavy atom. The maximum absolute atomic E-state index is 4.83. The summed E-state index contributed by atoms with van der Waals surface area (Å²) < 4.78 is 4.83. The molecule has 0 spiro atoms. The Hall–Kier alpha value is 1.48. The largest absolute Gasteiger partial charge is 0.382 e. The van der Waals surface area contributed by atoms with Gasteiger partial charge in [0.2, 0.25) is 0 Å². The van der Waals surface area contributed by atoms with Crippen LogP contribution in [0.4, 0.5) is 0 Å². The molecule has 0 aromatic heterocycles. The summed E-state index contributed by atoms with van der Waals surface area (Å²) in [5.41, 5.74) is 0. The van der Waals surface area contributed by atoms with Gasteiger partial charge in [0.05, 0.1) is 0 Å². The van der Waals surface area contributed by atoms with Gasteiger partial charge in [0.1, 0.15) is 0 Å². The standard InChI is InChI=1S/2C10H15.C4H10O.Yb/c2*1-6-7(2)9(4)10(5)8(6)3;1-3-5-4-2;/h2*1-5H3;3-4H2,1-2H3;. The zero-order valence-electron chi connectivity index (χ0n) is 19.1. The number of hydrogen-bond acceptors (Lipinski definition) is 1. The van der Waals surface area contributed by atoms with Gasteiger partial charge in [-0.15, -0.1) is 0 Å². The molecule has 2 aliphatic carbocycles. The van der Waals surface area contributed by atoms with E-state index in [1.807, 2.05) is 13.8 Å². The van der Waals surface area contributed by atoms with Crippen molar-refractivity contribution >= 4 is 0 Å². The smallest absolute Gasteiger partial charge is 0.0437 e. The Morgan fingerprint density at radius 2 is 0.500 bits per heavy atom. The van der Waals surface area contributed by atoms with Crippen molar-refractivity contribution < 1.29 is 51.7 Å². The first-order valence-corrected chi connectivity index (χ1v) is 9.49. The third kappa shape index (κ3) is 8.08. The Morgan fingerprint density at radius 3 is 0.538 bits per heavy atom. The van der Waals surface area contributed by atoms with Crippen molar-refractivity contribution in [2.75, 3.05) is 13.2 Å². The van der Waals surface area contributed by atoms with Crippen LogP contribution in [0.25, 0.3) is 0 Å². The van der Waals surface area contributed by atoms with Crippen LogP contribution in [-0.4, -0.2) is 13.2 Å². The number of hydrogen-bond donors (Lipinski definition) is 0. The van der Waals surface area contributed by atoms with Crippen LogP contribution in [0, 0.1) is 106 Å². The van der Waals surface area contributed by atoms with E-state index in [0.29, 0.717) is 0 Å². The van der Waals surface area contributed by atoms with Crippen LogP contribution in [0.15, 0.2) is 0 Å². The molecule has 0 aliphatic heterocycles. The molecule has 26 heavy (non-hydrogen) atoms. The van der Waals surface area contributed by atoms with E-state index in [1.165, 1.54) is 59.2 Å². The molecule has 0 heterocycles. The zero-order chi connectivity index (χ0) is 19.9. The predicted molar refractivity (Wildman–Crippen MR) is 111 cm³/mol. The van der Waals surface area contributed by atoms with Crippen LogP contribution in [0.1, 0.15) is 83.1 Å². The van der Waals surface area contributed by atoms with Gasteiger partial charge >= 0.3 is 0 Å². The topological polar surface area (TPSA) is 9.23 Å². The van der Waals surface area contributed by atoms with Crippen LogP contribution in [0.2, 0.25) is 0 Å². The van der Waals surface area contributed by atoms with Crippen LogP contribution in [-0.2, 0) is 4.74 Å². The molecule has 0 aromatic rings. The van der Waals surface area contributed by atoms with E-state index in [-0.39, 0.29) is 46.9 Å². The van der Waals surface area contributed by atoms with Crippen molar-refractivity contribution in [1.29, 1.82) is 0 Å². The minimum atomic E-state index is 0. The van der Waals surface area contributed by atoms with Gasteiger partial charge < -0.3 is 4.74 Å². The van der Waals surface area contributed by atoms with Gasteiger partial charge in [-0.1, -0.05) is 69.2 Å². The predicted octanol–water partition coefficient (Wildman–Crippen LogP) is 6.99. The fourth-order valence-electron chi connectivity index (χ4n) is 3.02. The second-order valence-electron chi connectivity index (χ2n) is 7.03. The monoisotopic (exact) mass is 518 g/mol. The molecule has 156 valence electrons. The van der Waals surface area contributed by atoms with Crippen molar-refractivity contribution in [1.82, 2.24) is 0 Å². The summed E-state index contributed by atoms with van der Waals surface area (Å²) in [6.45, 7) is 27.7. The zero-order valence-corrected chi connectivity index (χ0v) is 20.8. The molecule has 0 unspecified atom stereocenters. The van der Waals surface area contributed by atoms with E-state index in [0.717, 1.165) is 13.2 Å². The van der Waals surface area contributed by atoms with E-state index in [1.54, 1.807) is 0 Å². The molecular formula is C24H40OYb. The summed E-state index contributed by atoms with van der Waals surface area (Å²) in [4.78, 5) is 0. The van der Waals surface area contributed by atoms with Crippen molar-refractivity contribution in [2.24, 2.45) is 0 Å². The minimum Gasteiger partial charge on any atom is -0.382 e. The summed E-state index contributed by atoms with van der Waals surface area (Å²) >= 11 is 0. The van der Waals surface area contributed by atoms with Crippen LogP contribution in [0.5, 0.6) is 0 Å².